The number of nitrogens with two attached hydrogens (primary N) is 4. The van der Waals surface area contributed by atoms with Gasteiger partial charge in [-0.15, -0.1) is 0 Å². The van der Waals surface area contributed by atoms with Gasteiger partial charge in [0.25, 0.3) is 0 Å². The number of aliphatic imine (C=N–C) groups is 1. The highest BCUT2D eigenvalue weighted by Gasteiger charge is 2.32. The van der Waals surface area contributed by atoms with Crippen molar-refractivity contribution in [1.82, 2.24) is 21.3 Å². The molecule has 5 atom stereocenters. The van der Waals surface area contributed by atoms with Gasteiger partial charge in [0, 0.05) is 13.0 Å². The molecule has 0 spiro atoms. The molecule has 0 unspecified atom stereocenters. The van der Waals surface area contributed by atoms with Gasteiger partial charge in [-0.2, -0.15) is 0 Å². The van der Waals surface area contributed by atoms with Gasteiger partial charge in [-0.1, -0.05) is 13.8 Å². The number of aliphatic hydroxyl groups excluding tert-OH is 1. The maximum atomic E-state index is 13.2. The van der Waals surface area contributed by atoms with Crippen LogP contribution in [-0.4, -0.2) is 95.0 Å². The first-order valence-electron chi connectivity index (χ1n) is 12.7. The molecular formula is C23H43N9O8. The number of aliphatic hydroxyl groups is 1. The Bertz CT molecular complexity index is 922. The molecule has 0 aromatic rings. The zero-order valence-corrected chi connectivity index (χ0v) is 23.0. The number of hydrogen-bond donors (Lipinski definition) is 10. The Hall–Kier alpha value is -3.99. The average molecular weight is 574 g/mol. The number of nitrogens with one attached hydrogen (secondary N) is 4. The second-order valence-electron chi connectivity index (χ2n) is 9.60. The molecule has 0 aromatic carbocycles. The number of rotatable bonds is 19. The standard InChI is InChI=1S/C23H43N9O8/c1-11(2)9-15(29-17(35)10-24)21(38)31-14(6-7-16(25)34)19(36)30-13(5-4-8-28-23(26)27)20(37)32-18(12(3)33)22(39)40/h11-15,18,33H,4-10,24H2,1-3H3,(H2,25,34)(H,29,35)(H,30,36)(H,31,38)(H,32,37)(H,39,40)(H4,26,27,28)/t12-,13+,14+,15+,18+/m1/s1. The number of guanidine groups is 1. The third-order valence-electron chi connectivity index (χ3n) is 5.48. The molecule has 0 fully saturated rings. The lowest BCUT2D eigenvalue weighted by molar-refractivity contribution is -0.145. The molecule has 17 heteroatoms. The maximum Gasteiger partial charge on any atom is 0.328 e. The molecule has 0 saturated carbocycles. The molecule has 0 aliphatic rings. The SMILES string of the molecule is CC(C)C[C@H](NC(=O)CN)C(=O)N[C@@H](CCC(N)=O)C(=O)N[C@@H](CCCN=C(N)N)C(=O)N[C@H](C(=O)O)[C@@H](C)O. The maximum absolute atomic E-state index is 13.2. The Morgan fingerprint density at radius 2 is 1.32 bits per heavy atom. The van der Waals surface area contributed by atoms with E-state index in [0.29, 0.717) is 0 Å². The van der Waals surface area contributed by atoms with Gasteiger partial charge >= 0.3 is 5.97 Å². The van der Waals surface area contributed by atoms with Crippen LogP contribution in [0, 0.1) is 5.92 Å². The minimum absolute atomic E-state index is 0.0267. The van der Waals surface area contributed by atoms with Gasteiger partial charge in [0.2, 0.25) is 29.5 Å². The Labute approximate surface area is 232 Å². The summed E-state index contributed by atoms with van der Waals surface area (Å²) in [7, 11) is 0. The van der Waals surface area contributed by atoms with Crippen LogP contribution in [0.4, 0.5) is 0 Å². The third-order valence-corrected chi connectivity index (χ3v) is 5.48. The van der Waals surface area contributed by atoms with Crippen molar-refractivity contribution in [3.05, 3.63) is 0 Å². The largest absolute Gasteiger partial charge is 0.480 e. The van der Waals surface area contributed by atoms with E-state index in [1.54, 1.807) is 0 Å². The summed E-state index contributed by atoms with van der Waals surface area (Å²) in [6.45, 7) is 4.51. The predicted molar refractivity (Wildman–Crippen MR) is 144 cm³/mol. The van der Waals surface area contributed by atoms with E-state index in [1.807, 2.05) is 13.8 Å². The van der Waals surface area contributed by atoms with Gasteiger partial charge in [-0.25, -0.2) is 4.79 Å². The van der Waals surface area contributed by atoms with Gasteiger partial charge in [0.05, 0.1) is 12.6 Å². The number of carbonyl (C=O) groups excluding carboxylic acids is 5. The van der Waals surface area contributed by atoms with E-state index >= 15 is 0 Å². The minimum Gasteiger partial charge on any atom is -0.480 e. The van der Waals surface area contributed by atoms with E-state index in [0.717, 1.165) is 6.92 Å². The van der Waals surface area contributed by atoms with E-state index in [9.17, 15) is 39.0 Å². The fourth-order valence-electron chi connectivity index (χ4n) is 3.47. The number of nitrogens with zero attached hydrogens (tertiary/aromatic N) is 1. The van der Waals surface area contributed by atoms with Gasteiger partial charge in [0.15, 0.2) is 12.0 Å². The first-order chi connectivity index (χ1) is 18.6. The van der Waals surface area contributed by atoms with Crippen LogP contribution < -0.4 is 44.2 Å². The van der Waals surface area contributed by atoms with Crippen LogP contribution in [-0.2, 0) is 28.8 Å². The first kappa shape index (κ1) is 36.0. The van der Waals surface area contributed by atoms with E-state index in [-0.39, 0.29) is 57.1 Å². The fraction of sp³-hybridized carbons (Fsp3) is 0.696. The van der Waals surface area contributed by atoms with Gasteiger partial charge in [-0.05, 0) is 38.5 Å². The highest BCUT2D eigenvalue weighted by molar-refractivity contribution is 5.95. The zero-order chi connectivity index (χ0) is 31.0. The summed E-state index contributed by atoms with van der Waals surface area (Å²) in [5, 5.41) is 28.6. The van der Waals surface area contributed by atoms with Crippen LogP contribution in [0.25, 0.3) is 0 Å². The fourth-order valence-corrected chi connectivity index (χ4v) is 3.47. The van der Waals surface area contributed by atoms with Crippen molar-refractivity contribution in [2.24, 2.45) is 33.8 Å². The summed E-state index contributed by atoms with van der Waals surface area (Å²) in [5.74, 6) is -5.62. The van der Waals surface area contributed by atoms with Crippen LogP contribution >= 0.6 is 0 Å². The molecule has 17 nitrogen and oxygen atoms in total. The normalized spacial score (nSPS) is 14.6. The molecule has 0 aliphatic heterocycles. The van der Waals surface area contributed by atoms with E-state index in [4.69, 9.17) is 22.9 Å². The molecular weight excluding hydrogens is 530 g/mol. The quantitative estimate of drug-likeness (QED) is 0.0400. The van der Waals surface area contributed by atoms with Crippen LogP contribution in [0.1, 0.15) is 52.9 Å². The average Bonchev–Trinajstić information content (AvgIpc) is 2.84. The van der Waals surface area contributed by atoms with Gasteiger partial charge in [-0.3, -0.25) is 29.0 Å². The molecule has 0 radical (unpaired) electrons. The third kappa shape index (κ3) is 14.8. The smallest absolute Gasteiger partial charge is 0.328 e. The summed E-state index contributed by atoms with van der Waals surface area (Å²) in [4.78, 5) is 77.6. The lowest BCUT2D eigenvalue weighted by Crippen LogP contribution is -2.59. The lowest BCUT2D eigenvalue weighted by Gasteiger charge is -2.26. The molecule has 0 heterocycles. The van der Waals surface area contributed by atoms with E-state index < -0.39 is 65.8 Å². The summed E-state index contributed by atoms with van der Waals surface area (Å²) in [6.07, 6.45) is -1.65. The van der Waals surface area contributed by atoms with Gasteiger partial charge < -0.3 is 54.4 Å². The molecule has 40 heavy (non-hydrogen) atoms. The highest BCUT2D eigenvalue weighted by atomic mass is 16.4. The van der Waals surface area contributed by atoms with Crippen molar-refractivity contribution >= 4 is 41.5 Å². The van der Waals surface area contributed by atoms with Crippen molar-refractivity contribution in [2.75, 3.05) is 13.1 Å². The Balaban J connectivity index is 5.94. The van der Waals surface area contributed by atoms with Crippen molar-refractivity contribution in [1.29, 1.82) is 0 Å². The zero-order valence-electron chi connectivity index (χ0n) is 23.0. The van der Waals surface area contributed by atoms with Crippen LogP contribution in [0.3, 0.4) is 0 Å². The molecule has 5 amide bonds. The van der Waals surface area contributed by atoms with Crippen molar-refractivity contribution < 1.29 is 39.0 Å². The van der Waals surface area contributed by atoms with Crippen molar-refractivity contribution in [3.63, 3.8) is 0 Å². The number of carboxylic acids is 1. The Morgan fingerprint density at radius 1 is 0.800 bits per heavy atom. The molecule has 228 valence electrons. The van der Waals surface area contributed by atoms with Crippen LogP contribution in [0.2, 0.25) is 0 Å². The molecule has 0 rings (SSSR count). The first-order valence-corrected chi connectivity index (χ1v) is 12.7. The topological polar surface area (TPSA) is 307 Å². The summed E-state index contributed by atoms with van der Waals surface area (Å²) < 4.78 is 0. The monoisotopic (exact) mass is 573 g/mol. The molecule has 0 aromatic heterocycles. The molecule has 0 aliphatic carbocycles. The predicted octanol–water partition coefficient (Wildman–Crippen LogP) is -4.29. The van der Waals surface area contributed by atoms with Crippen LogP contribution in [0.15, 0.2) is 4.99 Å². The lowest BCUT2D eigenvalue weighted by atomic mass is 10.0. The van der Waals surface area contributed by atoms with Gasteiger partial charge in [0.1, 0.15) is 18.1 Å². The number of carboxylic acid groups (broad SMARTS) is 1. The number of primary amides is 1. The number of hydrogen-bond acceptors (Lipinski definition) is 9. The summed E-state index contributed by atoms with van der Waals surface area (Å²) in [6, 6.07) is -5.40. The second kappa shape index (κ2) is 18.3. The van der Waals surface area contributed by atoms with E-state index in [1.165, 1.54) is 0 Å². The number of amides is 5. The minimum atomic E-state index is -1.67. The molecule has 14 N–H and O–H groups in total. The van der Waals surface area contributed by atoms with Crippen molar-refractivity contribution in [2.45, 2.75) is 83.1 Å². The molecule has 0 saturated heterocycles. The number of aliphatic carboxylic acids is 1. The highest BCUT2D eigenvalue weighted by Crippen LogP contribution is 2.08. The Morgan fingerprint density at radius 3 is 1.77 bits per heavy atom. The summed E-state index contributed by atoms with van der Waals surface area (Å²) in [5.41, 5.74) is 21.1. The van der Waals surface area contributed by atoms with E-state index in [2.05, 4.69) is 26.3 Å². The summed E-state index contributed by atoms with van der Waals surface area (Å²) >= 11 is 0. The number of carbonyl (C=O) groups is 6. The van der Waals surface area contributed by atoms with Crippen LogP contribution in [0.5, 0.6) is 0 Å². The van der Waals surface area contributed by atoms with Crippen molar-refractivity contribution in [3.8, 4) is 0 Å². The molecule has 0 bridgehead atoms. The second-order valence-corrected chi connectivity index (χ2v) is 9.60. The Kier molecular flexibility index (Phi) is 16.5.